The predicted octanol–water partition coefficient (Wildman–Crippen LogP) is 4.51. The fraction of sp³-hybridized carbons (Fsp3) is 0.250. The van der Waals surface area contributed by atoms with Gasteiger partial charge >= 0.3 is 0 Å². The van der Waals surface area contributed by atoms with E-state index >= 15 is 0 Å². The molecule has 0 aromatic heterocycles. The molecule has 2 N–H and O–H groups in total. The molecule has 0 amide bonds. The molecular weight excluding hydrogens is 571 g/mol. The van der Waals surface area contributed by atoms with Gasteiger partial charge in [0.2, 0.25) is 0 Å². The van der Waals surface area contributed by atoms with Crippen LogP contribution in [0.5, 0.6) is 11.5 Å². The Morgan fingerprint density at radius 1 is 0.645 bits per heavy atom. The van der Waals surface area contributed by atoms with Crippen molar-refractivity contribution in [3.05, 3.63) is 59.2 Å². The number of hydrogen-bond acceptors (Lipinski definition) is 6. The molecular formula is C24H22N4O2Pt. The molecule has 3 aliphatic rings. The first kappa shape index (κ1) is 21.4. The summed E-state index contributed by atoms with van der Waals surface area (Å²) >= 11 is 0. The molecule has 2 aromatic carbocycles. The van der Waals surface area contributed by atoms with Gasteiger partial charge in [-0.1, -0.05) is 36.4 Å². The van der Waals surface area contributed by atoms with Crippen molar-refractivity contribution in [3.8, 4) is 22.6 Å². The molecule has 0 aliphatic carbocycles. The van der Waals surface area contributed by atoms with Gasteiger partial charge in [0.25, 0.3) is 0 Å². The molecule has 7 heteroatoms. The number of aliphatic imine (C=N–C) groups is 4. The monoisotopic (exact) mass is 593 g/mol. The van der Waals surface area contributed by atoms with Crippen molar-refractivity contribution >= 4 is 23.9 Å². The minimum atomic E-state index is -0.614. The van der Waals surface area contributed by atoms with Crippen molar-refractivity contribution in [2.24, 2.45) is 20.0 Å². The first-order valence-electron chi connectivity index (χ1n) is 9.87. The second-order valence-corrected chi connectivity index (χ2v) is 8.81. The van der Waals surface area contributed by atoms with Crippen LogP contribution in [0.2, 0.25) is 0 Å². The Hall–Kier alpha value is -2.85. The summed E-state index contributed by atoms with van der Waals surface area (Å²) in [6, 6.07) is 11.2. The molecule has 31 heavy (non-hydrogen) atoms. The molecule has 3 aliphatic heterocycles. The van der Waals surface area contributed by atoms with Crippen LogP contribution in [0.1, 0.15) is 38.8 Å². The van der Waals surface area contributed by atoms with Crippen LogP contribution in [0.15, 0.2) is 68.0 Å². The maximum absolute atomic E-state index is 11.2. The number of phenolic OH excluding ortho intramolecular Hbond substituents is 2. The average Bonchev–Trinajstić information content (AvgIpc) is 3.38. The number of benzene rings is 2. The standard InChI is InChI=1S/C24H22N4O2.Pt/c1-23(2)15-9-5-7-13(19(15)29)14-8-6-10-16(20(14)30)24(3,4)18-12-26-22(28-18)21-25-11-17(23)27-21;/h5-12,29-30H,1-4H3;/b22-21-;. The fourth-order valence-corrected chi connectivity index (χ4v) is 4.21. The number of nitrogens with zero attached hydrogens (tertiary/aromatic N) is 4. The third-order valence-corrected chi connectivity index (χ3v) is 6.26. The van der Waals surface area contributed by atoms with E-state index in [4.69, 9.17) is 0 Å². The van der Waals surface area contributed by atoms with E-state index in [1.54, 1.807) is 12.4 Å². The average molecular weight is 594 g/mol. The predicted molar refractivity (Wildman–Crippen MR) is 120 cm³/mol. The smallest absolute Gasteiger partial charge is 0.198 e. The van der Waals surface area contributed by atoms with Gasteiger partial charge in [-0.3, -0.25) is 0 Å². The summed E-state index contributed by atoms with van der Waals surface area (Å²) in [5.74, 6) is 1.15. The van der Waals surface area contributed by atoms with Crippen molar-refractivity contribution in [2.45, 2.75) is 38.5 Å². The van der Waals surface area contributed by atoms with Gasteiger partial charge in [0.15, 0.2) is 11.6 Å². The third-order valence-electron chi connectivity index (χ3n) is 6.26. The molecule has 0 saturated carbocycles. The van der Waals surface area contributed by atoms with Crippen LogP contribution in [0, 0.1) is 0 Å². The Morgan fingerprint density at radius 2 is 1.03 bits per heavy atom. The van der Waals surface area contributed by atoms with Gasteiger partial charge < -0.3 is 10.2 Å². The van der Waals surface area contributed by atoms with Gasteiger partial charge in [-0.05, 0) is 27.7 Å². The van der Waals surface area contributed by atoms with Crippen LogP contribution in [0.3, 0.4) is 0 Å². The largest absolute Gasteiger partial charge is 0.507 e. The van der Waals surface area contributed by atoms with Gasteiger partial charge in [0.05, 0.1) is 23.9 Å². The molecule has 8 bridgehead atoms. The summed E-state index contributed by atoms with van der Waals surface area (Å²) in [6.45, 7) is 7.95. The molecule has 0 saturated heterocycles. The first-order chi connectivity index (χ1) is 14.2. The number of fused-ring (bicyclic) bond motifs is 7. The number of aromatic hydroxyl groups is 2. The van der Waals surface area contributed by atoms with Crippen LogP contribution < -0.4 is 0 Å². The molecule has 0 spiro atoms. The Morgan fingerprint density at radius 3 is 1.42 bits per heavy atom. The van der Waals surface area contributed by atoms with E-state index in [2.05, 4.69) is 20.0 Å². The first-order valence-corrected chi connectivity index (χ1v) is 9.87. The summed E-state index contributed by atoms with van der Waals surface area (Å²) in [6.07, 6.45) is 3.42. The molecule has 0 radical (unpaired) electrons. The van der Waals surface area contributed by atoms with Crippen molar-refractivity contribution < 1.29 is 31.3 Å². The summed E-state index contributed by atoms with van der Waals surface area (Å²) < 4.78 is 0. The SMILES string of the molecule is CC1(C)C2=N/C(=C3/N=CC(=N3)C(C)(C)c3cccc(c3O)-c3cccc1c3O)N=C2.[Pt]. The van der Waals surface area contributed by atoms with Crippen molar-refractivity contribution in [3.63, 3.8) is 0 Å². The Balaban J connectivity index is 0.00000231. The fourth-order valence-electron chi connectivity index (χ4n) is 4.21. The summed E-state index contributed by atoms with van der Waals surface area (Å²) in [7, 11) is 0. The second-order valence-electron chi connectivity index (χ2n) is 8.81. The number of rotatable bonds is 0. The van der Waals surface area contributed by atoms with Gasteiger partial charge in [-0.25, -0.2) is 20.0 Å². The molecule has 2 aromatic rings. The number of phenols is 2. The number of hydrogen-bond donors (Lipinski definition) is 2. The van der Waals surface area contributed by atoms with E-state index in [9.17, 15) is 10.2 Å². The van der Waals surface area contributed by atoms with Crippen LogP contribution >= 0.6 is 0 Å². The van der Waals surface area contributed by atoms with Crippen molar-refractivity contribution in [2.75, 3.05) is 0 Å². The maximum Gasteiger partial charge on any atom is 0.198 e. The Kier molecular flexibility index (Phi) is 4.89. The van der Waals surface area contributed by atoms with Crippen LogP contribution in [0.25, 0.3) is 11.1 Å². The van der Waals surface area contributed by atoms with E-state index in [1.807, 2.05) is 64.1 Å². The molecule has 0 unspecified atom stereocenters. The Labute approximate surface area is 195 Å². The molecule has 0 fully saturated rings. The third kappa shape index (κ3) is 3.04. The summed E-state index contributed by atoms with van der Waals surface area (Å²) in [4.78, 5) is 18.3. The normalized spacial score (nSPS) is 21.8. The summed E-state index contributed by atoms with van der Waals surface area (Å²) in [5.41, 5.74) is 2.75. The van der Waals surface area contributed by atoms with Gasteiger partial charge in [-0.2, -0.15) is 0 Å². The van der Waals surface area contributed by atoms with Crippen LogP contribution in [-0.2, 0) is 31.9 Å². The van der Waals surface area contributed by atoms with E-state index in [1.165, 1.54) is 0 Å². The zero-order valence-electron chi connectivity index (χ0n) is 17.6. The van der Waals surface area contributed by atoms with E-state index in [0.717, 1.165) is 0 Å². The van der Waals surface area contributed by atoms with Crippen LogP contribution in [0.4, 0.5) is 0 Å². The minimum absolute atomic E-state index is 0. The molecule has 6 nitrogen and oxygen atoms in total. The summed E-state index contributed by atoms with van der Waals surface area (Å²) in [5, 5.41) is 22.5. The van der Waals surface area contributed by atoms with Crippen LogP contribution in [-0.4, -0.2) is 34.1 Å². The van der Waals surface area contributed by atoms with E-state index < -0.39 is 10.8 Å². The number of para-hydroxylation sites is 2. The zero-order valence-corrected chi connectivity index (χ0v) is 19.9. The van der Waals surface area contributed by atoms with E-state index in [-0.39, 0.29) is 32.6 Å². The molecule has 160 valence electrons. The van der Waals surface area contributed by atoms with E-state index in [0.29, 0.717) is 45.3 Å². The van der Waals surface area contributed by atoms with Gasteiger partial charge in [-0.15, -0.1) is 0 Å². The molecule has 0 atom stereocenters. The topological polar surface area (TPSA) is 89.9 Å². The van der Waals surface area contributed by atoms with Gasteiger partial charge in [0, 0.05) is 54.1 Å². The van der Waals surface area contributed by atoms with Gasteiger partial charge in [0.1, 0.15) is 11.5 Å². The van der Waals surface area contributed by atoms with Crippen molar-refractivity contribution in [1.82, 2.24) is 0 Å². The second kappa shape index (κ2) is 7.10. The molecule has 3 heterocycles. The minimum Gasteiger partial charge on any atom is -0.507 e. The molecule has 5 rings (SSSR count). The quantitative estimate of drug-likeness (QED) is 0.471. The Bertz CT molecular complexity index is 1170. The zero-order chi connectivity index (χ0) is 21.3. The maximum atomic E-state index is 11.2. The van der Waals surface area contributed by atoms with Crippen molar-refractivity contribution in [1.29, 1.82) is 0 Å².